The van der Waals surface area contributed by atoms with Gasteiger partial charge in [-0.1, -0.05) is 58.9 Å². The number of ether oxygens (including phenoxy) is 2. The van der Waals surface area contributed by atoms with E-state index in [-0.39, 0.29) is 30.2 Å². The summed E-state index contributed by atoms with van der Waals surface area (Å²) in [7, 11) is -1.25. The molecule has 5 atom stereocenters. The first-order chi connectivity index (χ1) is 15.8. The van der Waals surface area contributed by atoms with E-state index in [0.717, 1.165) is 17.1 Å². The SMILES string of the molecule is CCC(C(=O)O)n1nc(OCOCC[Si](C)(C)C)c(N[C@@H]2C[C@H]3C[C@H]([C@@H]2C)C3(C)C)c(Cl)c1=O. The lowest BCUT2D eigenvalue weighted by Gasteiger charge is -2.62. The highest BCUT2D eigenvalue weighted by molar-refractivity contribution is 6.76. The van der Waals surface area contributed by atoms with Crippen molar-refractivity contribution < 1.29 is 19.4 Å². The van der Waals surface area contributed by atoms with Crippen LogP contribution in [-0.4, -0.2) is 48.4 Å². The van der Waals surface area contributed by atoms with Gasteiger partial charge in [-0.25, -0.2) is 9.48 Å². The van der Waals surface area contributed by atoms with E-state index in [1.807, 2.05) is 0 Å². The van der Waals surface area contributed by atoms with Gasteiger partial charge in [0.25, 0.3) is 11.4 Å². The molecule has 0 spiro atoms. The number of anilines is 1. The molecule has 4 rings (SSSR count). The monoisotopic (exact) mass is 513 g/mol. The average molecular weight is 514 g/mol. The number of nitrogens with zero attached hydrogens (tertiary/aromatic N) is 2. The third kappa shape index (κ3) is 5.46. The van der Waals surface area contributed by atoms with E-state index in [2.05, 4.69) is 50.8 Å². The Kier molecular flexibility index (Phi) is 8.09. The van der Waals surface area contributed by atoms with Crippen LogP contribution in [0.4, 0.5) is 5.69 Å². The molecule has 0 saturated heterocycles. The zero-order valence-corrected chi connectivity index (χ0v) is 23.2. The van der Waals surface area contributed by atoms with Gasteiger partial charge < -0.3 is 19.9 Å². The van der Waals surface area contributed by atoms with E-state index in [1.54, 1.807) is 6.92 Å². The minimum absolute atomic E-state index is 0.0525. The summed E-state index contributed by atoms with van der Waals surface area (Å²) >= 11 is 6.54. The first kappa shape index (κ1) is 27.0. The van der Waals surface area contributed by atoms with Crippen molar-refractivity contribution in [3.8, 4) is 5.88 Å². The van der Waals surface area contributed by atoms with E-state index >= 15 is 0 Å². The van der Waals surface area contributed by atoms with Crippen molar-refractivity contribution in [1.82, 2.24) is 9.78 Å². The van der Waals surface area contributed by atoms with Crippen LogP contribution < -0.4 is 15.6 Å². The molecule has 3 saturated carbocycles. The number of carboxylic acid groups (broad SMARTS) is 1. The van der Waals surface area contributed by atoms with Crippen LogP contribution in [0.5, 0.6) is 5.88 Å². The Bertz CT molecular complexity index is 961. The number of hydrogen-bond donors (Lipinski definition) is 2. The Morgan fingerprint density at radius 1 is 1.35 bits per heavy atom. The summed E-state index contributed by atoms with van der Waals surface area (Å²) in [6.45, 7) is 15.9. The predicted octanol–water partition coefficient (Wildman–Crippen LogP) is 5.11. The molecule has 0 radical (unpaired) electrons. The maximum Gasteiger partial charge on any atom is 0.328 e. The molecule has 0 aromatic carbocycles. The minimum atomic E-state index is -1.25. The fourth-order valence-electron chi connectivity index (χ4n) is 5.44. The normalized spacial score (nSPS) is 26.5. The zero-order valence-electron chi connectivity index (χ0n) is 21.5. The van der Waals surface area contributed by atoms with Crippen LogP contribution in [0.15, 0.2) is 4.79 Å². The number of carboxylic acids is 1. The molecule has 192 valence electrons. The molecule has 2 bridgehead atoms. The third-order valence-electron chi connectivity index (χ3n) is 7.95. The summed E-state index contributed by atoms with van der Waals surface area (Å²) in [6.07, 6.45) is 2.39. The second-order valence-corrected chi connectivity index (χ2v) is 17.7. The van der Waals surface area contributed by atoms with E-state index in [1.165, 1.54) is 6.42 Å². The maximum absolute atomic E-state index is 13.0. The predicted molar refractivity (Wildman–Crippen MR) is 137 cm³/mol. The molecule has 2 N–H and O–H groups in total. The van der Waals surface area contributed by atoms with Gasteiger partial charge in [-0.05, 0) is 48.5 Å². The summed E-state index contributed by atoms with van der Waals surface area (Å²) in [5.41, 5.74) is 0.00914. The van der Waals surface area contributed by atoms with Crippen LogP contribution in [0.1, 0.15) is 53.0 Å². The molecule has 1 unspecified atom stereocenters. The van der Waals surface area contributed by atoms with Crippen molar-refractivity contribution in [2.75, 3.05) is 18.7 Å². The number of fused-ring (bicyclic) bond motifs is 2. The number of aromatic nitrogens is 2. The van der Waals surface area contributed by atoms with Crippen LogP contribution >= 0.6 is 11.6 Å². The van der Waals surface area contributed by atoms with Gasteiger partial charge in [0, 0.05) is 20.7 Å². The molecule has 1 heterocycles. The molecule has 34 heavy (non-hydrogen) atoms. The van der Waals surface area contributed by atoms with Crippen molar-refractivity contribution in [3.63, 3.8) is 0 Å². The van der Waals surface area contributed by atoms with E-state index in [9.17, 15) is 14.7 Å². The zero-order chi connectivity index (χ0) is 25.4. The summed E-state index contributed by atoms with van der Waals surface area (Å²) in [5, 5.41) is 17.2. The second kappa shape index (κ2) is 10.2. The van der Waals surface area contributed by atoms with E-state index in [0.29, 0.717) is 35.5 Å². The molecule has 3 fully saturated rings. The topological polar surface area (TPSA) is 103 Å². The molecule has 0 aliphatic heterocycles. The largest absolute Gasteiger partial charge is 0.480 e. The molecule has 3 aliphatic rings. The lowest BCUT2D eigenvalue weighted by molar-refractivity contribution is -0.141. The van der Waals surface area contributed by atoms with Gasteiger partial charge in [-0.3, -0.25) is 4.79 Å². The molecule has 10 heteroatoms. The lowest BCUT2D eigenvalue weighted by atomic mass is 9.45. The quantitative estimate of drug-likeness (QED) is 0.241. The minimum Gasteiger partial charge on any atom is -0.480 e. The number of nitrogens with one attached hydrogen (secondary N) is 1. The van der Waals surface area contributed by atoms with Crippen molar-refractivity contribution in [3.05, 3.63) is 15.4 Å². The van der Waals surface area contributed by atoms with Gasteiger partial charge in [0.05, 0.1) is 0 Å². The summed E-state index contributed by atoms with van der Waals surface area (Å²) in [4.78, 5) is 24.7. The molecule has 1 aromatic rings. The van der Waals surface area contributed by atoms with E-state index in [4.69, 9.17) is 21.1 Å². The summed E-state index contributed by atoms with van der Waals surface area (Å²) in [6, 6.07) is -0.0105. The van der Waals surface area contributed by atoms with Crippen LogP contribution in [0.25, 0.3) is 0 Å². The van der Waals surface area contributed by atoms with Crippen molar-refractivity contribution >= 4 is 31.3 Å². The fraction of sp³-hybridized carbons (Fsp3) is 0.792. The summed E-state index contributed by atoms with van der Waals surface area (Å²) in [5.74, 6) is 0.560. The van der Waals surface area contributed by atoms with Gasteiger partial charge >= 0.3 is 5.97 Å². The number of halogens is 1. The average Bonchev–Trinajstić information content (AvgIpc) is 2.73. The highest BCUT2D eigenvalue weighted by Gasteiger charge is 2.56. The third-order valence-corrected chi connectivity index (χ3v) is 10.0. The molecular weight excluding hydrogens is 474 g/mol. The smallest absolute Gasteiger partial charge is 0.328 e. The van der Waals surface area contributed by atoms with Crippen LogP contribution in [0.3, 0.4) is 0 Å². The summed E-state index contributed by atoms with van der Waals surface area (Å²) < 4.78 is 12.4. The highest BCUT2D eigenvalue weighted by atomic mass is 35.5. The Labute approximate surface area is 208 Å². The Morgan fingerprint density at radius 2 is 2.03 bits per heavy atom. The van der Waals surface area contributed by atoms with E-state index < -0.39 is 25.6 Å². The number of carbonyl (C=O) groups is 1. The fourth-order valence-corrected chi connectivity index (χ4v) is 6.42. The van der Waals surface area contributed by atoms with Crippen molar-refractivity contribution in [1.29, 1.82) is 0 Å². The van der Waals surface area contributed by atoms with Crippen LogP contribution in [0, 0.1) is 23.2 Å². The second-order valence-electron chi connectivity index (χ2n) is 11.7. The first-order valence-corrected chi connectivity index (χ1v) is 16.4. The number of rotatable bonds is 11. The Hall–Kier alpha value is -1.58. The number of aliphatic carboxylic acids is 1. The van der Waals surface area contributed by atoms with Gasteiger partial charge in [-0.15, -0.1) is 5.10 Å². The van der Waals surface area contributed by atoms with Gasteiger partial charge in [-0.2, -0.15) is 0 Å². The number of hydrogen-bond acceptors (Lipinski definition) is 6. The first-order valence-electron chi connectivity index (χ1n) is 12.3. The lowest BCUT2D eigenvalue weighted by Crippen LogP contribution is -2.58. The highest BCUT2D eigenvalue weighted by Crippen LogP contribution is 2.61. The molecule has 0 amide bonds. The van der Waals surface area contributed by atoms with Gasteiger partial charge in [0.15, 0.2) is 12.8 Å². The van der Waals surface area contributed by atoms with Crippen LogP contribution in [-0.2, 0) is 9.53 Å². The van der Waals surface area contributed by atoms with Gasteiger partial charge in [0.2, 0.25) is 0 Å². The standard InChI is InChI=1S/C24H40ClN3O5Si/c1-8-18(23(30)31)28-22(29)19(25)20(21(27-28)33-13-32-9-10-34(5,6)7)26-17-12-15-11-16(14(17)2)24(15,3)4/h14-18,26H,8-13H2,1-7H3,(H,30,31)/t14-,15+,16+,17+,18?/m0/s1. The molecule has 8 nitrogen and oxygen atoms in total. The molecular formula is C24H40ClN3O5Si. The Morgan fingerprint density at radius 3 is 2.56 bits per heavy atom. The Balaban J connectivity index is 1.86. The van der Waals surface area contributed by atoms with Crippen molar-refractivity contribution in [2.45, 2.75) is 84.7 Å². The molecule has 3 aliphatic carbocycles. The maximum atomic E-state index is 13.0. The van der Waals surface area contributed by atoms with Crippen LogP contribution in [0.2, 0.25) is 30.7 Å². The molecule has 1 aromatic heterocycles. The van der Waals surface area contributed by atoms with Gasteiger partial charge in [0.1, 0.15) is 10.7 Å². The van der Waals surface area contributed by atoms with Crippen molar-refractivity contribution in [2.24, 2.45) is 23.2 Å².